The summed E-state index contributed by atoms with van der Waals surface area (Å²) in [4.78, 5) is 0. The van der Waals surface area contributed by atoms with Crippen LogP contribution < -0.4 is 10.6 Å². The molecule has 0 aliphatic rings. The van der Waals surface area contributed by atoms with Gasteiger partial charge in [0.05, 0.1) is 0 Å². The number of hydrogen-bond acceptors (Lipinski definition) is 1. The van der Waals surface area contributed by atoms with Gasteiger partial charge in [0.2, 0.25) is 0 Å². The highest BCUT2D eigenvalue weighted by molar-refractivity contribution is 9.14. The third-order valence-electron chi connectivity index (χ3n) is 2.24. The molecule has 0 bridgehead atoms. The van der Waals surface area contributed by atoms with Gasteiger partial charge < -0.3 is 4.42 Å². The van der Waals surface area contributed by atoms with Crippen molar-refractivity contribution in [3.63, 3.8) is 0 Å². The number of para-hydroxylation sites is 1. The summed E-state index contributed by atoms with van der Waals surface area (Å²) in [6, 6.07) is 8.08. The molecule has 2 aromatic rings. The fourth-order valence-corrected chi connectivity index (χ4v) is 1.90. The zero-order chi connectivity index (χ0) is 12.1. The van der Waals surface area contributed by atoms with E-state index in [1.807, 2.05) is 45.9 Å². The van der Waals surface area contributed by atoms with Gasteiger partial charge in [-0.3, -0.25) is 0 Å². The van der Waals surface area contributed by atoms with E-state index < -0.39 is 0 Å². The molecule has 0 fully saturated rings. The molecular weight excluding hydrogens is 264 g/mol. The standard InChI is InChI=1S/C12H11BrO.C2H6/c1-3-9-10-6-4-5-7-11(10)14-12(9)8(2)13;1-2/h3-7H,1-2H3;1-2H3/b9-3-,12-8-;. The molecule has 0 unspecified atom stereocenters. The molecule has 0 spiro atoms. The van der Waals surface area contributed by atoms with Gasteiger partial charge in [-0.25, -0.2) is 0 Å². The molecular formula is C14H17BrO. The van der Waals surface area contributed by atoms with Gasteiger partial charge in [0.1, 0.15) is 11.0 Å². The highest BCUT2D eigenvalue weighted by atomic mass is 79.9. The van der Waals surface area contributed by atoms with Crippen molar-refractivity contribution in [2.45, 2.75) is 27.7 Å². The van der Waals surface area contributed by atoms with Gasteiger partial charge in [0, 0.05) is 15.1 Å². The van der Waals surface area contributed by atoms with Gasteiger partial charge in [0.25, 0.3) is 0 Å². The number of rotatable bonds is 0. The topological polar surface area (TPSA) is 13.1 Å². The van der Waals surface area contributed by atoms with E-state index in [-0.39, 0.29) is 0 Å². The van der Waals surface area contributed by atoms with Crippen molar-refractivity contribution in [3.8, 4) is 0 Å². The number of halogens is 1. The summed E-state index contributed by atoms with van der Waals surface area (Å²) >= 11 is 3.46. The van der Waals surface area contributed by atoms with Crippen molar-refractivity contribution >= 4 is 37.5 Å². The van der Waals surface area contributed by atoms with Crippen LogP contribution in [-0.2, 0) is 0 Å². The van der Waals surface area contributed by atoms with Gasteiger partial charge in [-0.15, -0.1) is 0 Å². The Labute approximate surface area is 105 Å². The lowest BCUT2D eigenvalue weighted by molar-refractivity contribution is 0.574. The van der Waals surface area contributed by atoms with E-state index in [0.717, 1.165) is 20.7 Å². The second-order valence-electron chi connectivity index (χ2n) is 3.16. The number of benzene rings is 1. The third-order valence-corrected chi connectivity index (χ3v) is 2.60. The van der Waals surface area contributed by atoms with Crippen molar-refractivity contribution in [2.24, 2.45) is 0 Å². The SMILES string of the molecule is C/C=c1\c(=C(/C)Br)oc2ccccc12.CC. The molecule has 1 nitrogen and oxygen atoms in total. The maximum Gasteiger partial charge on any atom is 0.144 e. The van der Waals surface area contributed by atoms with Crippen LogP contribution in [0.2, 0.25) is 0 Å². The molecule has 16 heavy (non-hydrogen) atoms. The minimum atomic E-state index is 0.925. The van der Waals surface area contributed by atoms with Crippen LogP contribution in [0.4, 0.5) is 0 Å². The average molecular weight is 281 g/mol. The molecule has 0 radical (unpaired) electrons. The zero-order valence-corrected chi connectivity index (χ0v) is 11.8. The third kappa shape index (κ3) is 2.38. The van der Waals surface area contributed by atoms with Crippen LogP contribution in [0.15, 0.2) is 28.7 Å². The number of fused-ring (bicyclic) bond motifs is 1. The second-order valence-corrected chi connectivity index (χ2v) is 4.35. The lowest BCUT2D eigenvalue weighted by atomic mass is 10.2. The van der Waals surface area contributed by atoms with Crippen LogP contribution in [-0.4, -0.2) is 0 Å². The van der Waals surface area contributed by atoms with Crippen LogP contribution in [0.5, 0.6) is 0 Å². The predicted octanol–water partition coefficient (Wildman–Crippen LogP) is 3.78. The Bertz CT molecular complexity index is 574. The van der Waals surface area contributed by atoms with E-state index in [4.69, 9.17) is 4.42 Å². The maximum absolute atomic E-state index is 5.74. The first-order chi connectivity index (χ1) is 7.74. The van der Waals surface area contributed by atoms with E-state index in [1.165, 1.54) is 5.39 Å². The normalized spacial score (nSPS) is 13.4. The van der Waals surface area contributed by atoms with E-state index >= 15 is 0 Å². The molecule has 0 N–H and O–H groups in total. The molecule has 2 heteroatoms. The largest absolute Gasteiger partial charge is 0.455 e. The molecule has 0 saturated carbocycles. The van der Waals surface area contributed by atoms with Crippen molar-refractivity contribution in [1.82, 2.24) is 0 Å². The van der Waals surface area contributed by atoms with Crippen LogP contribution >= 0.6 is 15.9 Å². The van der Waals surface area contributed by atoms with Crippen molar-refractivity contribution in [2.75, 3.05) is 0 Å². The number of hydrogen-bond donors (Lipinski definition) is 0. The van der Waals surface area contributed by atoms with E-state index in [9.17, 15) is 0 Å². The van der Waals surface area contributed by atoms with Crippen molar-refractivity contribution in [1.29, 1.82) is 0 Å². The van der Waals surface area contributed by atoms with Gasteiger partial charge in [-0.05, 0) is 19.9 Å². The highest BCUT2D eigenvalue weighted by Gasteiger charge is 2.01. The predicted molar refractivity (Wildman–Crippen MR) is 75.0 cm³/mol. The first kappa shape index (κ1) is 13.0. The summed E-state index contributed by atoms with van der Waals surface area (Å²) < 4.78 is 6.77. The molecule has 0 amide bonds. The Morgan fingerprint density at radius 1 is 1.25 bits per heavy atom. The molecule has 0 aliphatic carbocycles. The lowest BCUT2D eigenvalue weighted by Crippen LogP contribution is -2.20. The quantitative estimate of drug-likeness (QED) is 0.716. The summed E-state index contributed by atoms with van der Waals surface area (Å²) in [5, 5.41) is 2.33. The Morgan fingerprint density at radius 3 is 2.44 bits per heavy atom. The van der Waals surface area contributed by atoms with Gasteiger partial charge in [-0.2, -0.15) is 0 Å². The van der Waals surface area contributed by atoms with Crippen LogP contribution in [0.3, 0.4) is 0 Å². The summed E-state index contributed by atoms with van der Waals surface area (Å²) in [6.45, 7) is 8.02. The Balaban J connectivity index is 0.000000606. The van der Waals surface area contributed by atoms with E-state index in [1.54, 1.807) is 0 Å². The fourth-order valence-electron chi connectivity index (χ4n) is 1.61. The first-order valence-corrected chi connectivity index (χ1v) is 6.33. The fraction of sp³-hybridized carbons (Fsp3) is 0.286. The van der Waals surface area contributed by atoms with Crippen molar-refractivity contribution < 1.29 is 4.42 Å². The summed E-state index contributed by atoms with van der Waals surface area (Å²) in [5.74, 6) is 0. The number of furan rings is 1. The van der Waals surface area contributed by atoms with Crippen LogP contribution in [0.25, 0.3) is 21.5 Å². The summed E-state index contributed by atoms with van der Waals surface area (Å²) in [5.41, 5.74) is 1.86. The molecule has 0 saturated heterocycles. The molecule has 1 aromatic heterocycles. The lowest BCUT2D eigenvalue weighted by Gasteiger charge is -1.82. The summed E-state index contributed by atoms with van der Waals surface area (Å²) in [7, 11) is 0. The minimum Gasteiger partial charge on any atom is -0.455 e. The highest BCUT2D eigenvalue weighted by Crippen LogP contribution is 2.09. The zero-order valence-electron chi connectivity index (χ0n) is 10.2. The molecule has 0 aliphatic heterocycles. The first-order valence-electron chi connectivity index (χ1n) is 5.54. The van der Waals surface area contributed by atoms with E-state index in [0.29, 0.717) is 0 Å². The Kier molecular flexibility index (Phi) is 4.81. The van der Waals surface area contributed by atoms with Crippen LogP contribution in [0, 0.1) is 0 Å². The summed E-state index contributed by atoms with van der Waals surface area (Å²) in [6.07, 6.45) is 2.08. The Morgan fingerprint density at radius 2 is 1.88 bits per heavy atom. The molecule has 0 atom stereocenters. The molecule has 1 heterocycles. The molecule has 86 valence electrons. The molecule has 2 rings (SSSR count). The maximum atomic E-state index is 5.74. The smallest absolute Gasteiger partial charge is 0.144 e. The van der Waals surface area contributed by atoms with Crippen molar-refractivity contribution in [3.05, 3.63) is 34.9 Å². The van der Waals surface area contributed by atoms with Gasteiger partial charge in [-0.1, -0.05) is 54.1 Å². The van der Waals surface area contributed by atoms with Gasteiger partial charge in [0.15, 0.2) is 0 Å². The monoisotopic (exact) mass is 280 g/mol. The minimum absolute atomic E-state index is 0.925. The second kappa shape index (κ2) is 5.90. The average Bonchev–Trinajstić information content (AvgIpc) is 2.70. The van der Waals surface area contributed by atoms with Crippen LogP contribution in [0.1, 0.15) is 27.7 Å². The van der Waals surface area contributed by atoms with Gasteiger partial charge >= 0.3 is 0 Å². The molecule has 1 aromatic carbocycles. The Hall–Kier alpha value is -1.02. The van der Waals surface area contributed by atoms with E-state index in [2.05, 4.69) is 28.1 Å².